The number of hydrogen-bond acceptors (Lipinski definition) is 1. The first-order chi connectivity index (χ1) is 6.29. The molecule has 1 nitrogen and oxygen atoms in total. The second kappa shape index (κ2) is 4.00. The average molecular weight is 181 g/mol. The van der Waals surface area contributed by atoms with E-state index in [9.17, 15) is 0 Å². The maximum absolute atomic E-state index is 3.53. The van der Waals surface area contributed by atoms with Gasteiger partial charge >= 0.3 is 0 Å². The third-order valence-corrected chi connectivity index (χ3v) is 4.09. The van der Waals surface area contributed by atoms with Gasteiger partial charge in [-0.1, -0.05) is 13.3 Å². The van der Waals surface area contributed by atoms with Crippen molar-refractivity contribution >= 4 is 0 Å². The van der Waals surface area contributed by atoms with Crippen LogP contribution in [0.1, 0.15) is 46.0 Å². The Bertz CT molecular complexity index is 167. The van der Waals surface area contributed by atoms with Crippen LogP contribution in [0.3, 0.4) is 0 Å². The van der Waals surface area contributed by atoms with Crippen molar-refractivity contribution in [3.63, 3.8) is 0 Å². The van der Waals surface area contributed by atoms with Gasteiger partial charge in [0.05, 0.1) is 0 Å². The van der Waals surface area contributed by atoms with E-state index in [0.717, 1.165) is 30.3 Å². The first-order valence-corrected chi connectivity index (χ1v) is 6.03. The minimum Gasteiger partial charge on any atom is -0.315 e. The van der Waals surface area contributed by atoms with Crippen LogP contribution in [0.15, 0.2) is 0 Å². The molecule has 2 rings (SSSR count). The van der Waals surface area contributed by atoms with E-state index in [1.807, 2.05) is 0 Å². The average Bonchev–Trinajstić information content (AvgIpc) is 2.65. The van der Waals surface area contributed by atoms with Crippen molar-refractivity contribution in [3.05, 3.63) is 0 Å². The van der Waals surface area contributed by atoms with E-state index in [2.05, 4.69) is 19.2 Å². The van der Waals surface area contributed by atoms with E-state index in [4.69, 9.17) is 0 Å². The van der Waals surface area contributed by atoms with E-state index >= 15 is 0 Å². The van der Waals surface area contributed by atoms with Crippen molar-refractivity contribution in [2.24, 2.45) is 17.8 Å². The fraction of sp³-hybridized carbons (Fsp3) is 1.00. The van der Waals surface area contributed by atoms with Gasteiger partial charge in [-0.05, 0) is 56.9 Å². The predicted molar refractivity (Wildman–Crippen MR) is 56.7 cm³/mol. The molecule has 0 aromatic rings. The monoisotopic (exact) mass is 181 g/mol. The minimum atomic E-state index is 0.745. The van der Waals surface area contributed by atoms with Crippen LogP contribution in [-0.4, -0.2) is 12.6 Å². The largest absolute Gasteiger partial charge is 0.315 e. The Labute approximate surface area is 82.3 Å². The molecular formula is C12H23N. The maximum Gasteiger partial charge on any atom is 0.00413 e. The summed E-state index contributed by atoms with van der Waals surface area (Å²) in [7, 11) is 0. The molecule has 0 aromatic heterocycles. The second-order valence-electron chi connectivity index (χ2n) is 5.13. The van der Waals surface area contributed by atoms with E-state index < -0.39 is 0 Å². The van der Waals surface area contributed by atoms with Gasteiger partial charge in [0.15, 0.2) is 0 Å². The molecule has 0 amide bonds. The van der Waals surface area contributed by atoms with Crippen LogP contribution in [0.4, 0.5) is 0 Å². The van der Waals surface area contributed by atoms with E-state index in [1.165, 1.54) is 19.3 Å². The van der Waals surface area contributed by atoms with Crippen molar-refractivity contribution in [3.8, 4) is 0 Å². The Morgan fingerprint density at radius 1 is 1.31 bits per heavy atom. The smallest absolute Gasteiger partial charge is 0.00413 e. The van der Waals surface area contributed by atoms with Gasteiger partial charge in [-0.25, -0.2) is 0 Å². The number of hydrogen-bond donors (Lipinski definition) is 1. The summed E-state index contributed by atoms with van der Waals surface area (Å²) < 4.78 is 0. The summed E-state index contributed by atoms with van der Waals surface area (Å²) in [6, 6.07) is 0.745. The molecule has 0 radical (unpaired) electrons. The third-order valence-electron chi connectivity index (χ3n) is 4.09. The first-order valence-electron chi connectivity index (χ1n) is 6.03. The highest BCUT2D eigenvalue weighted by Gasteiger charge is 2.39. The van der Waals surface area contributed by atoms with Gasteiger partial charge in [-0.2, -0.15) is 0 Å². The molecule has 76 valence electrons. The van der Waals surface area contributed by atoms with Crippen LogP contribution in [0.2, 0.25) is 0 Å². The van der Waals surface area contributed by atoms with Crippen LogP contribution in [0, 0.1) is 17.8 Å². The van der Waals surface area contributed by atoms with Crippen LogP contribution < -0.4 is 5.32 Å². The standard InChI is InChI=1S/C12H23N/c1-3-13-9(2)6-12-8-10-4-5-11(12)7-10/h9-13H,3-8H2,1-2H3. The molecule has 1 N–H and O–H groups in total. The molecule has 0 saturated heterocycles. The third kappa shape index (κ3) is 2.07. The highest BCUT2D eigenvalue weighted by atomic mass is 14.9. The minimum absolute atomic E-state index is 0.745. The molecular weight excluding hydrogens is 158 g/mol. The molecule has 13 heavy (non-hydrogen) atoms. The summed E-state index contributed by atoms with van der Waals surface area (Å²) in [4.78, 5) is 0. The number of nitrogens with one attached hydrogen (secondary N) is 1. The Morgan fingerprint density at radius 2 is 2.15 bits per heavy atom. The summed E-state index contributed by atoms with van der Waals surface area (Å²) in [6.45, 7) is 5.68. The summed E-state index contributed by atoms with van der Waals surface area (Å²) in [5.74, 6) is 3.28. The Kier molecular flexibility index (Phi) is 2.92. The molecule has 2 fully saturated rings. The van der Waals surface area contributed by atoms with Gasteiger partial charge in [0.1, 0.15) is 0 Å². The molecule has 4 atom stereocenters. The summed E-state index contributed by atoms with van der Waals surface area (Å²) in [5.41, 5.74) is 0. The number of rotatable bonds is 4. The van der Waals surface area contributed by atoms with Gasteiger partial charge in [-0.3, -0.25) is 0 Å². The molecule has 1 heteroatoms. The van der Waals surface area contributed by atoms with Gasteiger partial charge in [0, 0.05) is 6.04 Å². The molecule has 0 spiro atoms. The quantitative estimate of drug-likeness (QED) is 0.703. The van der Waals surface area contributed by atoms with Gasteiger partial charge in [-0.15, -0.1) is 0 Å². The molecule has 4 unspecified atom stereocenters. The van der Waals surface area contributed by atoms with E-state index in [1.54, 1.807) is 12.8 Å². The fourth-order valence-electron chi connectivity index (χ4n) is 3.55. The SMILES string of the molecule is CCNC(C)CC1CC2CCC1C2. The molecule has 2 bridgehead atoms. The van der Waals surface area contributed by atoms with E-state index in [-0.39, 0.29) is 0 Å². The lowest BCUT2D eigenvalue weighted by atomic mass is 9.84. The Hall–Kier alpha value is -0.0400. The lowest BCUT2D eigenvalue weighted by molar-refractivity contribution is 0.285. The van der Waals surface area contributed by atoms with Crippen molar-refractivity contribution in [1.29, 1.82) is 0 Å². The van der Waals surface area contributed by atoms with Gasteiger partial charge in [0.2, 0.25) is 0 Å². The zero-order chi connectivity index (χ0) is 9.26. The van der Waals surface area contributed by atoms with Crippen LogP contribution >= 0.6 is 0 Å². The number of fused-ring (bicyclic) bond motifs is 2. The predicted octanol–water partition coefficient (Wildman–Crippen LogP) is 2.81. The van der Waals surface area contributed by atoms with Gasteiger partial charge < -0.3 is 5.32 Å². The molecule has 0 heterocycles. The normalized spacial score (nSPS) is 39.7. The van der Waals surface area contributed by atoms with Crippen molar-refractivity contribution in [1.82, 2.24) is 5.32 Å². The van der Waals surface area contributed by atoms with Crippen molar-refractivity contribution in [2.45, 2.75) is 52.0 Å². The molecule has 0 aromatic carbocycles. The Morgan fingerprint density at radius 3 is 2.69 bits per heavy atom. The highest BCUT2D eigenvalue weighted by molar-refractivity contribution is 4.91. The summed E-state index contributed by atoms with van der Waals surface area (Å²) in [5, 5.41) is 3.53. The maximum atomic E-state index is 3.53. The Balaban J connectivity index is 1.76. The zero-order valence-electron chi connectivity index (χ0n) is 9.05. The van der Waals surface area contributed by atoms with Crippen LogP contribution in [-0.2, 0) is 0 Å². The fourth-order valence-corrected chi connectivity index (χ4v) is 3.55. The topological polar surface area (TPSA) is 12.0 Å². The van der Waals surface area contributed by atoms with Gasteiger partial charge in [0.25, 0.3) is 0 Å². The molecule has 2 aliphatic rings. The molecule has 2 aliphatic carbocycles. The lowest BCUT2D eigenvalue weighted by Crippen LogP contribution is -2.29. The molecule has 2 saturated carbocycles. The summed E-state index contributed by atoms with van der Waals surface area (Å²) in [6.07, 6.45) is 7.60. The van der Waals surface area contributed by atoms with Crippen LogP contribution in [0.25, 0.3) is 0 Å². The van der Waals surface area contributed by atoms with Crippen LogP contribution in [0.5, 0.6) is 0 Å². The van der Waals surface area contributed by atoms with E-state index in [0.29, 0.717) is 0 Å². The summed E-state index contributed by atoms with van der Waals surface area (Å²) >= 11 is 0. The van der Waals surface area contributed by atoms with Crippen molar-refractivity contribution < 1.29 is 0 Å². The van der Waals surface area contributed by atoms with Crippen molar-refractivity contribution in [2.75, 3.05) is 6.54 Å². The lowest BCUT2D eigenvalue weighted by Gasteiger charge is -2.25. The second-order valence-corrected chi connectivity index (χ2v) is 5.13. The molecule has 0 aliphatic heterocycles. The zero-order valence-corrected chi connectivity index (χ0v) is 9.05. The highest BCUT2D eigenvalue weighted by Crippen LogP contribution is 2.49. The first kappa shape index (κ1) is 9.51.